The average molecular weight is 433 g/mol. The van der Waals surface area contributed by atoms with E-state index in [1.165, 1.54) is 5.56 Å². The number of hydrogen-bond donors (Lipinski definition) is 1. The SMILES string of the molecule is Cl.O=C1CCC(c2cccc(Cl)c2)(C2CCN(Cc3ccccc3)CC2)C(=O)N1. The van der Waals surface area contributed by atoms with Gasteiger partial charge in [-0.25, -0.2) is 0 Å². The number of likely N-dealkylation sites (tertiary alicyclic amines) is 1. The average Bonchev–Trinajstić information content (AvgIpc) is 2.70. The van der Waals surface area contributed by atoms with Gasteiger partial charge in [-0.3, -0.25) is 19.8 Å². The van der Waals surface area contributed by atoms with Crippen molar-refractivity contribution in [2.45, 2.75) is 37.6 Å². The maximum atomic E-state index is 13.1. The molecule has 0 spiro atoms. The van der Waals surface area contributed by atoms with Crippen LogP contribution in [0, 0.1) is 5.92 Å². The first-order valence-electron chi connectivity index (χ1n) is 9.94. The second-order valence-corrected chi connectivity index (χ2v) is 8.33. The largest absolute Gasteiger partial charge is 0.299 e. The van der Waals surface area contributed by atoms with E-state index in [0.29, 0.717) is 17.9 Å². The van der Waals surface area contributed by atoms with Gasteiger partial charge in [-0.1, -0.05) is 54.1 Å². The number of rotatable bonds is 4. The van der Waals surface area contributed by atoms with Gasteiger partial charge in [0.15, 0.2) is 0 Å². The van der Waals surface area contributed by atoms with Crippen molar-refractivity contribution in [1.82, 2.24) is 10.2 Å². The van der Waals surface area contributed by atoms with E-state index in [1.54, 1.807) is 0 Å². The Balaban J connectivity index is 0.00000240. The van der Waals surface area contributed by atoms with Crippen LogP contribution in [-0.4, -0.2) is 29.8 Å². The van der Waals surface area contributed by atoms with E-state index in [0.717, 1.165) is 38.0 Å². The lowest BCUT2D eigenvalue weighted by Gasteiger charge is -2.45. The summed E-state index contributed by atoms with van der Waals surface area (Å²) >= 11 is 6.25. The fourth-order valence-electron chi connectivity index (χ4n) is 4.82. The lowest BCUT2D eigenvalue weighted by Crippen LogP contribution is -2.57. The van der Waals surface area contributed by atoms with E-state index in [-0.39, 0.29) is 30.1 Å². The summed E-state index contributed by atoms with van der Waals surface area (Å²) in [6.07, 6.45) is 2.80. The molecule has 2 aliphatic heterocycles. The molecule has 1 N–H and O–H groups in total. The van der Waals surface area contributed by atoms with Gasteiger partial charge in [0.05, 0.1) is 5.41 Å². The summed E-state index contributed by atoms with van der Waals surface area (Å²) in [5.74, 6) is -0.136. The molecule has 154 valence electrons. The van der Waals surface area contributed by atoms with Crippen molar-refractivity contribution in [1.29, 1.82) is 0 Å². The smallest absolute Gasteiger partial charge is 0.237 e. The van der Waals surface area contributed by atoms with Crippen molar-refractivity contribution in [3.63, 3.8) is 0 Å². The molecule has 0 aliphatic carbocycles. The number of hydrogen-bond acceptors (Lipinski definition) is 3. The zero-order valence-corrected chi connectivity index (χ0v) is 17.8. The van der Waals surface area contributed by atoms with Gasteiger partial charge in [-0.2, -0.15) is 0 Å². The number of nitrogens with zero attached hydrogens (tertiary/aromatic N) is 1. The first-order chi connectivity index (χ1) is 13.6. The van der Waals surface area contributed by atoms with E-state index in [2.05, 4.69) is 34.5 Å². The van der Waals surface area contributed by atoms with Crippen molar-refractivity contribution in [3.05, 3.63) is 70.7 Å². The zero-order chi connectivity index (χ0) is 19.6. The Morgan fingerprint density at radius 2 is 1.76 bits per heavy atom. The highest BCUT2D eigenvalue weighted by Crippen LogP contribution is 2.44. The van der Waals surface area contributed by atoms with Gasteiger partial charge in [0.2, 0.25) is 11.8 Å². The topological polar surface area (TPSA) is 49.4 Å². The van der Waals surface area contributed by atoms with E-state index < -0.39 is 5.41 Å². The van der Waals surface area contributed by atoms with Crippen LogP contribution in [0.5, 0.6) is 0 Å². The first-order valence-corrected chi connectivity index (χ1v) is 10.3. The number of nitrogens with one attached hydrogen (secondary N) is 1. The quantitative estimate of drug-likeness (QED) is 0.730. The van der Waals surface area contributed by atoms with E-state index >= 15 is 0 Å². The highest BCUT2D eigenvalue weighted by Gasteiger charge is 2.50. The Morgan fingerprint density at radius 1 is 1.03 bits per heavy atom. The van der Waals surface area contributed by atoms with Crippen molar-refractivity contribution < 1.29 is 9.59 Å². The summed E-state index contributed by atoms with van der Waals surface area (Å²) in [4.78, 5) is 27.4. The van der Waals surface area contributed by atoms with Gasteiger partial charge in [0.1, 0.15) is 0 Å². The van der Waals surface area contributed by atoms with Crippen molar-refractivity contribution in [2.24, 2.45) is 5.92 Å². The molecule has 29 heavy (non-hydrogen) atoms. The Bertz CT molecular complexity index is 866. The Labute approximate surface area is 183 Å². The maximum absolute atomic E-state index is 13.1. The minimum atomic E-state index is -0.669. The molecule has 2 amide bonds. The molecule has 1 unspecified atom stereocenters. The molecular weight excluding hydrogens is 407 g/mol. The van der Waals surface area contributed by atoms with Crippen molar-refractivity contribution in [3.8, 4) is 0 Å². The Morgan fingerprint density at radius 3 is 2.41 bits per heavy atom. The monoisotopic (exact) mass is 432 g/mol. The zero-order valence-electron chi connectivity index (χ0n) is 16.3. The lowest BCUT2D eigenvalue weighted by atomic mass is 9.62. The van der Waals surface area contributed by atoms with Crippen LogP contribution in [0.4, 0.5) is 0 Å². The summed E-state index contributed by atoms with van der Waals surface area (Å²) in [7, 11) is 0. The molecule has 6 heteroatoms. The minimum absolute atomic E-state index is 0. The van der Waals surface area contributed by atoms with E-state index in [9.17, 15) is 9.59 Å². The number of benzene rings is 2. The number of amides is 2. The standard InChI is InChI=1S/C23H25ClN2O2.ClH/c24-20-8-4-7-19(15-20)23(12-9-21(27)25-22(23)28)18-10-13-26(14-11-18)16-17-5-2-1-3-6-17;/h1-8,15,18H,9-14,16H2,(H,25,27,28);1H. The number of imide groups is 1. The molecule has 2 aromatic rings. The van der Waals surface area contributed by atoms with Crippen LogP contribution in [0.15, 0.2) is 54.6 Å². The van der Waals surface area contributed by atoms with Crippen molar-refractivity contribution in [2.75, 3.05) is 13.1 Å². The van der Waals surface area contributed by atoms with E-state index in [1.807, 2.05) is 30.3 Å². The summed E-state index contributed by atoms with van der Waals surface area (Å²) in [6, 6.07) is 18.1. The fourth-order valence-corrected chi connectivity index (χ4v) is 5.01. The Hall–Kier alpha value is -1.88. The molecule has 2 saturated heterocycles. The molecule has 2 fully saturated rings. The van der Waals surface area contributed by atoms with E-state index in [4.69, 9.17) is 11.6 Å². The number of halogens is 2. The fraction of sp³-hybridized carbons (Fsp3) is 0.391. The molecule has 2 aromatic carbocycles. The van der Waals surface area contributed by atoms with Crippen LogP contribution in [0.2, 0.25) is 5.02 Å². The summed E-state index contributed by atoms with van der Waals surface area (Å²) in [5.41, 5.74) is 1.58. The molecule has 0 saturated carbocycles. The molecule has 0 bridgehead atoms. The van der Waals surface area contributed by atoms with Crippen LogP contribution in [0.1, 0.15) is 36.8 Å². The molecule has 2 aliphatic rings. The predicted octanol–water partition coefficient (Wildman–Crippen LogP) is 4.35. The third-order valence-electron chi connectivity index (χ3n) is 6.28. The summed E-state index contributed by atoms with van der Waals surface area (Å²) in [5, 5.41) is 3.23. The van der Waals surface area contributed by atoms with Gasteiger partial charge >= 0.3 is 0 Å². The second kappa shape index (κ2) is 9.29. The molecular formula is C23H26Cl2N2O2. The minimum Gasteiger partial charge on any atom is -0.299 e. The molecule has 2 heterocycles. The second-order valence-electron chi connectivity index (χ2n) is 7.90. The van der Waals surface area contributed by atoms with Crippen LogP contribution < -0.4 is 5.32 Å². The van der Waals surface area contributed by atoms with Gasteiger partial charge in [0.25, 0.3) is 0 Å². The van der Waals surface area contributed by atoms with Gasteiger partial charge < -0.3 is 0 Å². The third-order valence-corrected chi connectivity index (χ3v) is 6.51. The highest BCUT2D eigenvalue weighted by atomic mass is 35.5. The van der Waals surface area contributed by atoms with Gasteiger partial charge in [-0.15, -0.1) is 12.4 Å². The number of carbonyl (C=O) groups is 2. The molecule has 0 radical (unpaired) electrons. The normalized spacial score (nSPS) is 23.3. The van der Waals surface area contributed by atoms with Crippen LogP contribution >= 0.6 is 24.0 Å². The molecule has 4 nitrogen and oxygen atoms in total. The molecule has 0 aromatic heterocycles. The third kappa shape index (κ3) is 4.50. The summed E-state index contributed by atoms with van der Waals surface area (Å²) in [6.45, 7) is 2.83. The predicted molar refractivity (Wildman–Crippen MR) is 117 cm³/mol. The maximum Gasteiger partial charge on any atom is 0.237 e. The van der Waals surface area contributed by atoms with Crippen LogP contribution in [-0.2, 0) is 21.5 Å². The van der Waals surface area contributed by atoms with Crippen molar-refractivity contribution >= 4 is 35.8 Å². The van der Waals surface area contributed by atoms with Crippen LogP contribution in [0.3, 0.4) is 0 Å². The number of carbonyl (C=O) groups excluding carboxylic acids is 2. The number of piperidine rings is 2. The molecule has 4 rings (SSSR count). The van der Waals surface area contributed by atoms with Gasteiger partial charge in [-0.05, 0) is 61.5 Å². The lowest BCUT2D eigenvalue weighted by molar-refractivity contribution is -0.140. The highest BCUT2D eigenvalue weighted by molar-refractivity contribution is 6.30. The first kappa shape index (κ1) is 21.8. The summed E-state index contributed by atoms with van der Waals surface area (Å²) < 4.78 is 0. The Kier molecular flexibility index (Phi) is 6.99. The molecule has 1 atom stereocenters. The van der Waals surface area contributed by atoms with Gasteiger partial charge in [0, 0.05) is 18.0 Å². The van der Waals surface area contributed by atoms with Crippen LogP contribution in [0.25, 0.3) is 0 Å².